The topological polar surface area (TPSA) is 110 Å². The Labute approximate surface area is 202 Å². The molecular formula is C25H28N2O5S2. The Hall–Kier alpha value is -2.75. The molecule has 0 radical (unpaired) electrons. The number of rotatable bonds is 8. The smallest absolute Gasteiger partial charge is 0.322 e. The molecule has 0 unspecified atom stereocenters. The van der Waals surface area contributed by atoms with Crippen LogP contribution in [0.3, 0.4) is 0 Å². The third-order valence-corrected chi connectivity index (χ3v) is 8.32. The van der Waals surface area contributed by atoms with Gasteiger partial charge in [-0.3, -0.25) is 4.79 Å². The average Bonchev–Trinajstić information content (AvgIpc) is 3.29. The van der Waals surface area contributed by atoms with Gasteiger partial charge in [0.05, 0.1) is 20.5 Å². The molecule has 180 valence electrons. The summed E-state index contributed by atoms with van der Waals surface area (Å²) in [5, 5.41) is 12.1. The van der Waals surface area contributed by atoms with Crippen molar-refractivity contribution in [1.82, 2.24) is 9.71 Å². The molecule has 0 aliphatic heterocycles. The Balaban J connectivity index is 1.72. The number of carboxylic acid groups (broad SMARTS) is 1. The van der Waals surface area contributed by atoms with E-state index in [9.17, 15) is 18.3 Å². The first kappa shape index (κ1) is 24.4. The van der Waals surface area contributed by atoms with Gasteiger partial charge in [0.2, 0.25) is 10.0 Å². The number of benzene rings is 2. The van der Waals surface area contributed by atoms with Crippen LogP contribution in [-0.2, 0) is 21.2 Å². The predicted octanol–water partition coefficient (Wildman–Crippen LogP) is 5.60. The highest BCUT2D eigenvalue weighted by Crippen LogP contribution is 2.36. The average molecular weight is 501 g/mol. The lowest BCUT2D eigenvalue weighted by Crippen LogP contribution is -2.44. The minimum atomic E-state index is -4.04. The van der Waals surface area contributed by atoms with Gasteiger partial charge in [0.15, 0.2) is 0 Å². The fraction of sp³-hybridized carbons (Fsp3) is 0.360. The van der Waals surface area contributed by atoms with E-state index in [-0.39, 0.29) is 4.90 Å². The van der Waals surface area contributed by atoms with Gasteiger partial charge in [-0.15, -0.1) is 11.3 Å². The lowest BCUT2D eigenvalue weighted by molar-refractivity contribution is -0.140. The molecule has 0 bridgehead atoms. The van der Waals surface area contributed by atoms with Crippen molar-refractivity contribution in [3.05, 3.63) is 47.1 Å². The third kappa shape index (κ3) is 4.73. The van der Waals surface area contributed by atoms with Gasteiger partial charge in [0.25, 0.3) is 0 Å². The number of nitrogens with zero attached hydrogens (tertiary/aromatic N) is 1. The largest absolute Gasteiger partial charge is 0.480 e. The maximum absolute atomic E-state index is 12.8. The highest BCUT2D eigenvalue weighted by molar-refractivity contribution is 7.89. The van der Waals surface area contributed by atoms with E-state index in [0.29, 0.717) is 17.1 Å². The zero-order valence-electron chi connectivity index (χ0n) is 19.7. The summed E-state index contributed by atoms with van der Waals surface area (Å²) in [6.45, 7) is 9.65. The van der Waals surface area contributed by atoms with E-state index in [1.807, 2.05) is 25.1 Å². The van der Waals surface area contributed by atoms with Crippen LogP contribution in [0.4, 0.5) is 0 Å². The maximum atomic E-state index is 12.8. The molecule has 2 aromatic carbocycles. The van der Waals surface area contributed by atoms with Crippen LogP contribution in [0.1, 0.15) is 38.4 Å². The molecule has 0 aliphatic carbocycles. The molecule has 2 heterocycles. The van der Waals surface area contributed by atoms with Crippen molar-refractivity contribution in [1.29, 1.82) is 0 Å². The van der Waals surface area contributed by atoms with E-state index in [4.69, 9.17) is 9.40 Å². The number of carbonyl (C=O) groups is 1. The van der Waals surface area contributed by atoms with Crippen molar-refractivity contribution >= 4 is 49.3 Å². The lowest BCUT2D eigenvalue weighted by Gasteiger charge is -2.17. The van der Waals surface area contributed by atoms with Gasteiger partial charge in [-0.05, 0) is 48.6 Å². The molecule has 0 saturated heterocycles. The maximum Gasteiger partial charge on any atom is 0.322 e. The molecule has 34 heavy (non-hydrogen) atoms. The van der Waals surface area contributed by atoms with Crippen molar-refractivity contribution in [2.75, 3.05) is 0 Å². The number of hydrogen-bond donors (Lipinski definition) is 2. The quantitative estimate of drug-likeness (QED) is 0.326. The van der Waals surface area contributed by atoms with Gasteiger partial charge in [0.1, 0.15) is 17.2 Å². The van der Waals surface area contributed by atoms with Crippen molar-refractivity contribution in [3.8, 4) is 10.4 Å². The second-order valence-corrected chi connectivity index (χ2v) is 12.1. The lowest BCUT2D eigenvalue weighted by atomic mass is 10.1. The van der Waals surface area contributed by atoms with Crippen molar-refractivity contribution in [2.45, 2.75) is 52.0 Å². The fourth-order valence-corrected chi connectivity index (χ4v) is 6.56. The summed E-state index contributed by atoms with van der Waals surface area (Å²) in [5.41, 5.74) is 3.06. The van der Waals surface area contributed by atoms with Gasteiger partial charge < -0.3 is 9.52 Å². The van der Waals surface area contributed by atoms with E-state index < -0.39 is 28.0 Å². The second-order valence-electron chi connectivity index (χ2n) is 9.27. The molecule has 0 amide bonds. The summed E-state index contributed by atoms with van der Waals surface area (Å²) in [4.78, 5) is 17.2. The third-order valence-electron chi connectivity index (χ3n) is 5.66. The first-order valence-electron chi connectivity index (χ1n) is 11.1. The molecular weight excluding hydrogens is 472 g/mol. The number of thiazole rings is 1. The van der Waals surface area contributed by atoms with E-state index in [1.165, 1.54) is 12.1 Å². The van der Waals surface area contributed by atoms with Gasteiger partial charge in [-0.1, -0.05) is 33.8 Å². The number of aromatic nitrogens is 1. The van der Waals surface area contributed by atoms with Gasteiger partial charge in [-0.2, -0.15) is 4.72 Å². The van der Waals surface area contributed by atoms with Crippen molar-refractivity contribution in [3.63, 3.8) is 0 Å². The summed E-state index contributed by atoms with van der Waals surface area (Å²) in [6, 6.07) is 9.35. The number of aryl methyl sites for hydroxylation is 1. The predicted molar refractivity (Wildman–Crippen MR) is 135 cm³/mol. The molecule has 0 saturated carbocycles. The van der Waals surface area contributed by atoms with Gasteiger partial charge in [-0.25, -0.2) is 13.4 Å². The zero-order valence-corrected chi connectivity index (χ0v) is 21.4. The number of carboxylic acids is 1. The SMILES string of the molecule is Cc1nc(CC(C)C)sc1-c1ccc2c(c1)oc1cc(S(=O)(=O)N[C@H](C(=O)O)C(C)C)ccc12. The number of furan rings is 1. The van der Waals surface area contributed by atoms with E-state index in [2.05, 4.69) is 18.6 Å². The molecule has 4 aromatic rings. The Bertz CT molecular complexity index is 1480. The van der Waals surface area contributed by atoms with Crippen LogP contribution in [0, 0.1) is 18.8 Å². The molecule has 0 aliphatic rings. The van der Waals surface area contributed by atoms with Gasteiger partial charge >= 0.3 is 5.97 Å². The van der Waals surface area contributed by atoms with E-state index in [0.717, 1.165) is 38.3 Å². The fourth-order valence-electron chi connectivity index (χ4n) is 3.93. The monoisotopic (exact) mass is 500 g/mol. The highest BCUT2D eigenvalue weighted by Gasteiger charge is 2.28. The second kappa shape index (κ2) is 9.13. The molecule has 2 N–H and O–H groups in total. The molecule has 1 atom stereocenters. The summed E-state index contributed by atoms with van der Waals surface area (Å²) in [7, 11) is -4.04. The Morgan fingerprint density at radius 3 is 2.35 bits per heavy atom. The minimum absolute atomic E-state index is 0.0391. The van der Waals surface area contributed by atoms with Crippen LogP contribution in [0.15, 0.2) is 45.7 Å². The van der Waals surface area contributed by atoms with Crippen LogP contribution in [0.5, 0.6) is 0 Å². The van der Waals surface area contributed by atoms with E-state index >= 15 is 0 Å². The van der Waals surface area contributed by atoms with Crippen LogP contribution in [-0.4, -0.2) is 30.5 Å². The molecule has 4 rings (SSSR count). The van der Waals surface area contributed by atoms with Crippen molar-refractivity contribution in [2.24, 2.45) is 11.8 Å². The molecule has 0 fully saturated rings. The standard InChI is InChI=1S/C25H28N2O5S2/c1-13(2)10-22-26-15(5)24(33-22)16-6-8-18-19-9-7-17(12-21(19)32-20(18)11-16)34(30,31)27-23(14(3)4)25(28)29/h6-9,11-14,23,27H,10H2,1-5H3,(H,28,29)/t23-/m0/s1. The first-order valence-corrected chi connectivity index (χ1v) is 13.4. The van der Waals surface area contributed by atoms with Crippen LogP contribution >= 0.6 is 11.3 Å². The molecule has 9 heteroatoms. The summed E-state index contributed by atoms with van der Waals surface area (Å²) in [6.07, 6.45) is 0.934. The number of fused-ring (bicyclic) bond motifs is 3. The first-order chi connectivity index (χ1) is 16.0. The Morgan fingerprint density at radius 1 is 1.09 bits per heavy atom. The number of nitrogens with one attached hydrogen (secondary N) is 1. The highest BCUT2D eigenvalue weighted by atomic mass is 32.2. The van der Waals surface area contributed by atoms with Crippen molar-refractivity contribution < 1.29 is 22.7 Å². The molecule has 7 nitrogen and oxygen atoms in total. The van der Waals surface area contributed by atoms with Crippen LogP contribution < -0.4 is 4.72 Å². The summed E-state index contributed by atoms with van der Waals surface area (Å²) < 4.78 is 34.0. The Morgan fingerprint density at radius 2 is 1.74 bits per heavy atom. The van der Waals surface area contributed by atoms with Crippen LogP contribution in [0.25, 0.3) is 32.4 Å². The van der Waals surface area contributed by atoms with Gasteiger partial charge in [0, 0.05) is 23.3 Å². The normalized spacial score (nSPS) is 13.4. The zero-order chi connectivity index (χ0) is 24.8. The number of aliphatic carboxylic acids is 1. The summed E-state index contributed by atoms with van der Waals surface area (Å²) >= 11 is 1.68. The number of hydrogen-bond acceptors (Lipinski definition) is 6. The molecule has 0 spiro atoms. The summed E-state index contributed by atoms with van der Waals surface area (Å²) in [5.74, 6) is -1.09. The van der Waals surface area contributed by atoms with Crippen LogP contribution in [0.2, 0.25) is 0 Å². The van der Waals surface area contributed by atoms with E-state index in [1.54, 1.807) is 31.3 Å². The Kier molecular flexibility index (Phi) is 6.54. The number of sulfonamides is 1. The molecule has 2 aromatic heterocycles. The minimum Gasteiger partial charge on any atom is -0.480 e.